The topological polar surface area (TPSA) is 72.3 Å². The second-order valence-corrected chi connectivity index (χ2v) is 4.91. The minimum Gasteiger partial charge on any atom is -0.493 e. The van der Waals surface area contributed by atoms with E-state index in [-0.39, 0.29) is 5.56 Å². The van der Waals surface area contributed by atoms with Crippen LogP contribution in [0.25, 0.3) is 11.3 Å². The van der Waals surface area contributed by atoms with Gasteiger partial charge in [-0.3, -0.25) is 0 Å². The maximum atomic E-state index is 10.9. The van der Waals surface area contributed by atoms with Crippen molar-refractivity contribution in [2.75, 3.05) is 6.61 Å². The van der Waals surface area contributed by atoms with Crippen LogP contribution in [-0.2, 0) is 0 Å². The van der Waals surface area contributed by atoms with Gasteiger partial charge in [0.05, 0.1) is 24.1 Å². The van der Waals surface area contributed by atoms with Gasteiger partial charge in [-0.2, -0.15) is 10.2 Å². The Hall–Kier alpha value is -2.43. The highest BCUT2D eigenvalue weighted by Crippen LogP contribution is 2.30. The molecular weight excluding hydrogens is 256 g/mol. The number of carboxylic acid groups (broad SMARTS) is 1. The van der Waals surface area contributed by atoms with E-state index < -0.39 is 5.97 Å². The van der Waals surface area contributed by atoms with E-state index in [1.54, 1.807) is 0 Å². The first-order valence-corrected chi connectivity index (χ1v) is 6.51. The van der Waals surface area contributed by atoms with Crippen LogP contribution in [0.1, 0.15) is 23.2 Å². The van der Waals surface area contributed by atoms with E-state index in [9.17, 15) is 4.79 Å². The predicted octanol–water partition coefficient (Wildman–Crippen LogP) is 2.63. The van der Waals surface area contributed by atoms with Gasteiger partial charge in [0, 0.05) is 5.56 Å². The van der Waals surface area contributed by atoms with Crippen molar-refractivity contribution in [2.45, 2.75) is 12.8 Å². The van der Waals surface area contributed by atoms with E-state index >= 15 is 0 Å². The molecule has 1 aliphatic carbocycles. The maximum absolute atomic E-state index is 10.9. The molecule has 1 aliphatic rings. The molecule has 0 spiro atoms. The van der Waals surface area contributed by atoms with Crippen molar-refractivity contribution in [1.29, 1.82) is 0 Å². The van der Waals surface area contributed by atoms with Gasteiger partial charge < -0.3 is 9.84 Å². The van der Waals surface area contributed by atoms with E-state index in [1.165, 1.54) is 25.1 Å². The minimum absolute atomic E-state index is 0.129. The highest BCUT2D eigenvalue weighted by Gasteiger charge is 2.21. The van der Waals surface area contributed by atoms with E-state index in [0.29, 0.717) is 11.6 Å². The van der Waals surface area contributed by atoms with E-state index in [4.69, 9.17) is 9.84 Å². The lowest BCUT2D eigenvalue weighted by atomic mass is 10.1. The van der Waals surface area contributed by atoms with Crippen molar-refractivity contribution in [3.8, 4) is 17.0 Å². The third-order valence-corrected chi connectivity index (χ3v) is 3.23. The summed E-state index contributed by atoms with van der Waals surface area (Å²) < 4.78 is 5.65. The second kappa shape index (κ2) is 5.28. The van der Waals surface area contributed by atoms with Crippen molar-refractivity contribution in [3.63, 3.8) is 0 Å². The SMILES string of the molecule is O=C(O)c1cnnc(-c2ccc(OCC3CC3)cc2)c1. The fourth-order valence-electron chi connectivity index (χ4n) is 1.85. The number of aromatic nitrogens is 2. The lowest BCUT2D eigenvalue weighted by Crippen LogP contribution is -2.00. The first-order chi connectivity index (χ1) is 9.72. The summed E-state index contributed by atoms with van der Waals surface area (Å²) in [5.41, 5.74) is 1.49. The molecule has 0 saturated heterocycles. The van der Waals surface area contributed by atoms with E-state index in [1.807, 2.05) is 24.3 Å². The summed E-state index contributed by atoms with van der Waals surface area (Å²) in [6.45, 7) is 0.771. The zero-order chi connectivity index (χ0) is 13.9. The Bertz CT molecular complexity index is 621. The van der Waals surface area contributed by atoms with Gasteiger partial charge in [0.2, 0.25) is 0 Å². The van der Waals surface area contributed by atoms with Gasteiger partial charge in [0.1, 0.15) is 5.75 Å². The fourth-order valence-corrected chi connectivity index (χ4v) is 1.85. The zero-order valence-corrected chi connectivity index (χ0v) is 10.8. The number of hydrogen-bond acceptors (Lipinski definition) is 4. The normalized spacial score (nSPS) is 14.0. The molecular formula is C15H14N2O3. The quantitative estimate of drug-likeness (QED) is 0.904. The number of rotatable bonds is 5. The largest absolute Gasteiger partial charge is 0.493 e. The molecule has 0 amide bonds. The van der Waals surface area contributed by atoms with Crippen LogP contribution in [-0.4, -0.2) is 27.9 Å². The summed E-state index contributed by atoms with van der Waals surface area (Å²) in [6, 6.07) is 8.96. The number of carboxylic acids is 1. The molecule has 1 heterocycles. The summed E-state index contributed by atoms with van der Waals surface area (Å²) in [7, 11) is 0. The summed E-state index contributed by atoms with van der Waals surface area (Å²) in [5, 5.41) is 16.6. The summed E-state index contributed by atoms with van der Waals surface area (Å²) in [5.74, 6) is 0.529. The van der Waals surface area contributed by atoms with Crippen LogP contribution < -0.4 is 4.74 Å². The Morgan fingerprint density at radius 2 is 2.05 bits per heavy atom. The summed E-state index contributed by atoms with van der Waals surface area (Å²) in [6.07, 6.45) is 3.75. The Morgan fingerprint density at radius 1 is 1.30 bits per heavy atom. The lowest BCUT2D eigenvalue weighted by Gasteiger charge is -2.06. The molecule has 5 heteroatoms. The summed E-state index contributed by atoms with van der Waals surface area (Å²) in [4.78, 5) is 10.9. The second-order valence-electron chi connectivity index (χ2n) is 4.91. The third-order valence-electron chi connectivity index (χ3n) is 3.23. The first-order valence-electron chi connectivity index (χ1n) is 6.51. The molecule has 1 aromatic carbocycles. The van der Waals surface area contributed by atoms with Crippen molar-refractivity contribution >= 4 is 5.97 Å². The number of ether oxygens (including phenoxy) is 1. The molecule has 0 bridgehead atoms. The van der Waals surface area contributed by atoms with Gasteiger partial charge in [0.15, 0.2) is 0 Å². The molecule has 20 heavy (non-hydrogen) atoms. The highest BCUT2D eigenvalue weighted by atomic mass is 16.5. The van der Waals surface area contributed by atoms with Gasteiger partial charge >= 0.3 is 5.97 Å². The Balaban J connectivity index is 1.75. The average Bonchev–Trinajstić information content (AvgIpc) is 3.30. The molecule has 2 aromatic rings. The Labute approximate surface area is 116 Å². The van der Waals surface area contributed by atoms with Crippen molar-refractivity contribution < 1.29 is 14.6 Å². The molecule has 0 aliphatic heterocycles. The van der Waals surface area contributed by atoms with Gasteiger partial charge in [-0.1, -0.05) is 0 Å². The number of aromatic carboxylic acids is 1. The zero-order valence-electron chi connectivity index (χ0n) is 10.8. The first kappa shape index (κ1) is 12.6. The third kappa shape index (κ3) is 2.93. The van der Waals surface area contributed by atoms with Gasteiger partial charge in [-0.25, -0.2) is 4.79 Å². The Morgan fingerprint density at radius 3 is 2.70 bits per heavy atom. The number of nitrogens with zero attached hydrogens (tertiary/aromatic N) is 2. The molecule has 102 valence electrons. The molecule has 5 nitrogen and oxygen atoms in total. The minimum atomic E-state index is -1.01. The molecule has 1 N–H and O–H groups in total. The predicted molar refractivity (Wildman–Crippen MR) is 72.6 cm³/mol. The molecule has 1 aromatic heterocycles. The molecule has 0 atom stereocenters. The van der Waals surface area contributed by atoms with Crippen molar-refractivity contribution in [3.05, 3.63) is 42.1 Å². The smallest absolute Gasteiger partial charge is 0.337 e. The van der Waals surface area contributed by atoms with Gasteiger partial charge in [-0.15, -0.1) is 0 Å². The van der Waals surface area contributed by atoms with E-state index in [2.05, 4.69) is 10.2 Å². The summed E-state index contributed by atoms with van der Waals surface area (Å²) >= 11 is 0. The van der Waals surface area contributed by atoms with Crippen LogP contribution in [0.4, 0.5) is 0 Å². The van der Waals surface area contributed by atoms with Crippen LogP contribution in [0.2, 0.25) is 0 Å². The monoisotopic (exact) mass is 270 g/mol. The number of hydrogen-bond donors (Lipinski definition) is 1. The van der Waals surface area contributed by atoms with Crippen LogP contribution in [0.3, 0.4) is 0 Å². The van der Waals surface area contributed by atoms with E-state index in [0.717, 1.165) is 17.9 Å². The van der Waals surface area contributed by atoms with Gasteiger partial charge in [0.25, 0.3) is 0 Å². The molecule has 1 saturated carbocycles. The lowest BCUT2D eigenvalue weighted by molar-refractivity contribution is 0.0696. The maximum Gasteiger partial charge on any atom is 0.337 e. The van der Waals surface area contributed by atoms with Crippen LogP contribution >= 0.6 is 0 Å². The highest BCUT2D eigenvalue weighted by molar-refractivity contribution is 5.88. The average molecular weight is 270 g/mol. The fraction of sp³-hybridized carbons (Fsp3) is 0.267. The molecule has 0 radical (unpaired) electrons. The molecule has 0 unspecified atom stereocenters. The van der Waals surface area contributed by atoms with Gasteiger partial charge in [-0.05, 0) is 49.1 Å². The van der Waals surface area contributed by atoms with Crippen molar-refractivity contribution in [2.24, 2.45) is 5.92 Å². The molecule has 1 fully saturated rings. The number of carbonyl (C=O) groups is 1. The number of benzene rings is 1. The standard InChI is InChI=1S/C15H14N2O3/c18-15(19)12-7-14(17-16-8-12)11-3-5-13(6-4-11)20-9-10-1-2-10/h3-8,10H,1-2,9H2,(H,18,19). The Kier molecular flexibility index (Phi) is 3.33. The van der Waals surface area contributed by atoms with Crippen LogP contribution in [0, 0.1) is 5.92 Å². The molecule has 3 rings (SSSR count). The van der Waals surface area contributed by atoms with Crippen LogP contribution in [0.5, 0.6) is 5.75 Å². The van der Waals surface area contributed by atoms with Crippen LogP contribution in [0.15, 0.2) is 36.5 Å². The van der Waals surface area contributed by atoms with Crippen molar-refractivity contribution in [1.82, 2.24) is 10.2 Å².